The lowest BCUT2D eigenvalue weighted by Gasteiger charge is -2.24. The Morgan fingerprint density at radius 2 is 1.43 bits per heavy atom. The minimum absolute atomic E-state index is 0.00786. The van der Waals surface area contributed by atoms with Gasteiger partial charge in [0.05, 0.1) is 5.69 Å². The first-order valence-corrected chi connectivity index (χ1v) is 10.3. The standard InChI is InChI=1S/C22H21FN2O2S/c23-17-12-6-7-13-18(17)25-21(26)19(24-14-8-1-2-9-15-24)20(22(25)27)28-16-10-4-3-5-11-16/h3-7,10-13H,1-2,8-9,14-15H2. The third-order valence-corrected chi connectivity index (χ3v) is 6.08. The van der Waals surface area contributed by atoms with E-state index in [0.29, 0.717) is 10.6 Å². The number of anilines is 1. The Bertz CT molecular complexity index is 921. The van der Waals surface area contributed by atoms with Crippen molar-refractivity contribution >= 4 is 29.3 Å². The number of thioether (sulfide) groups is 1. The van der Waals surface area contributed by atoms with E-state index in [1.807, 2.05) is 35.2 Å². The van der Waals surface area contributed by atoms with Crippen molar-refractivity contribution in [3.05, 3.63) is 71.0 Å². The van der Waals surface area contributed by atoms with E-state index in [4.69, 9.17) is 0 Å². The van der Waals surface area contributed by atoms with E-state index >= 15 is 0 Å². The van der Waals surface area contributed by atoms with Crippen molar-refractivity contribution in [2.75, 3.05) is 18.0 Å². The fraction of sp³-hybridized carbons (Fsp3) is 0.273. The Hall–Kier alpha value is -2.60. The number of halogens is 1. The number of rotatable bonds is 4. The van der Waals surface area contributed by atoms with Crippen molar-refractivity contribution in [1.29, 1.82) is 0 Å². The molecule has 0 aliphatic carbocycles. The summed E-state index contributed by atoms with van der Waals surface area (Å²) in [4.78, 5) is 30.8. The Kier molecular flexibility index (Phi) is 5.48. The van der Waals surface area contributed by atoms with E-state index in [1.165, 1.54) is 23.9 Å². The molecule has 2 aromatic rings. The number of benzene rings is 2. The summed E-state index contributed by atoms with van der Waals surface area (Å²) >= 11 is 1.28. The lowest BCUT2D eigenvalue weighted by molar-refractivity contribution is -0.121. The van der Waals surface area contributed by atoms with Gasteiger partial charge in [-0.1, -0.05) is 54.9 Å². The maximum Gasteiger partial charge on any atom is 0.283 e. The number of hydrogen-bond acceptors (Lipinski definition) is 4. The van der Waals surface area contributed by atoms with E-state index in [-0.39, 0.29) is 5.69 Å². The maximum atomic E-state index is 14.4. The first-order chi connectivity index (χ1) is 13.7. The summed E-state index contributed by atoms with van der Waals surface area (Å²) in [6.07, 6.45) is 4.19. The van der Waals surface area contributed by atoms with E-state index < -0.39 is 17.6 Å². The zero-order valence-corrected chi connectivity index (χ0v) is 16.3. The molecule has 2 aliphatic rings. The van der Waals surface area contributed by atoms with Crippen molar-refractivity contribution in [2.45, 2.75) is 30.6 Å². The van der Waals surface area contributed by atoms with Gasteiger partial charge in [0.2, 0.25) is 0 Å². The maximum absolute atomic E-state index is 14.4. The number of nitrogens with zero attached hydrogens (tertiary/aromatic N) is 2. The minimum Gasteiger partial charge on any atom is -0.366 e. The molecule has 2 amide bonds. The summed E-state index contributed by atoms with van der Waals surface area (Å²) in [5.74, 6) is -1.47. The molecule has 0 atom stereocenters. The van der Waals surface area contributed by atoms with Crippen LogP contribution >= 0.6 is 11.8 Å². The molecule has 144 valence electrons. The molecule has 2 heterocycles. The molecule has 0 bridgehead atoms. The Balaban J connectivity index is 1.76. The zero-order valence-electron chi connectivity index (χ0n) is 15.4. The molecule has 1 fully saturated rings. The van der Waals surface area contributed by atoms with Gasteiger partial charge in [-0.05, 0) is 37.1 Å². The largest absolute Gasteiger partial charge is 0.366 e. The molecule has 0 aromatic heterocycles. The molecule has 28 heavy (non-hydrogen) atoms. The van der Waals surface area contributed by atoms with E-state index in [1.54, 1.807) is 12.1 Å². The smallest absolute Gasteiger partial charge is 0.283 e. The lowest BCUT2D eigenvalue weighted by atomic mass is 10.2. The van der Waals surface area contributed by atoms with Gasteiger partial charge >= 0.3 is 0 Å². The van der Waals surface area contributed by atoms with E-state index in [2.05, 4.69) is 0 Å². The molecular weight excluding hydrogens is 375 g/mol. The van der Waals surface area contributed by atoms with Gasteiger partial charge < -0.3 is 4.90 Å². The quantitative estimate of drug-likeness (QED) is 0.710. The van der Waals surface area contributed by atoms with Crippen LogP contribution in [0.2, 0.25) is 0 Å². The van der Waals surface area contributed by atoms with Crippen molar-refractivity contribution in [3.63, 3.8) is 0 Å². The van der Waals surface area contributed by atoms with Crippen LogP contribution in [0.5, 0.6) is 0 Å². The third kappa shape index (κ3) is 3.56. The molecule has 0 radical (unpaired) electrons. The van der Waals surface area contributed by atoms with Crippen LogP contribution in [0, 0.1) is 5.82 Å². The number of para-hydroxylation sites is 1. The fourth-order valence-corrected chi connectivity index (χ4v) is 4.64. The Morgan fingerprint density at radius 3 is 2.11 bits per heavy atom. The van der Waals surface area contributed by atoms with Gasteiger partial charge in [-0.3, -0.25) is 9.59 Å². The van der Waals surface area contributed by atoms with E-state index in [0.717, 1.165) is 48.6 Å². The highest BCUT2D eigenvalue weighted by molar-refractivity contribution is 8.04. The molecule has 4 nitrogen and oxygen atoms in total. The highest BCUT2D eigenvalue weighted by Crippen LogP contribution is 2.39. The average Bonchev–Trinajstić information content (AvgIpc) is 2.89. The molecule has 1 saturated heterocycles. The second-order valence-corrected chi connectivity index (χ2v) is 7.98. The van der Waals surface area contributed by atoms with Crippen molar-refractivity contribution < 1.29 is 14.0 Å². The molecule has 2 aromatic carbocycles. The monoisotopic (exact) mass is 396 g/mol. The zero-order chi connectivity index (χ0) is 19.5. The molecule has 0 unspecified atom stereocenters. The predicted molar refractivity (Wildman–Crippen MR) is 108 cm³/mol. The molecule has 2 aliphatic heterocycles. The van der Waals surface area contributed by atoms with Crippen LogP contribution in [0.15, 0.2) is 70.1 Å². The lowest BCUT2D eigenvalue weighted by Crippen LogP contribution is -2.36. The second kappa shape index (κ2) is 8.19. The number of amides is 2. The van der Waals surface area contributed by atoms with Crippen LogP contribution in [-0.4, -0.2) is 29.8 Å². The number of hydrogen-bond donors (Lipinski definition) is 0. The Morgan fingerprint density at radius 1 is 0.786 bits per heavy atom. The highest BCUT2D eigenvalue weighted by atomic mass is 32.2. The van der Waals surface area contributed by atoms with Crippen LogP contribution in [-0.2, 0) is 9.59 Å². The van der Waals surface area contributed by atoms with Crippen molar-refractivity contribution in [3.8, 4) is 0 Å². The van der Waals surface area contributed by atoms with Crippen LogP contribution in [0.4, 0.5) is 10.1 Å². The van der Waals surface area contributed by atoms with Gasteiger partial charge in [0.1, 0.15) is 16.4 Å². The van der Waals surface area contributed by atoms with Crippen LogP contribution in [0.1, 0.15) is 25.7 Å². The van der Waals surface area contributed by atoms with Crippen LogP contribution < -0.4 is 4.90 Å². The van der Waals surface area contributed by atoms with Gasteiger partial charge in [-0.15, -0.1) is 0 Å². The first kappa shape index (κ1) is 18.7. The topological polar surface area (TPSA) is 40.6 Å². The summed E-state index contributed by atoms with van der Waals surface area (Å²) in [5.41, 5.74) is 0.414. The Labute approximate surface area is 168 Å². The normalized spacial score (nSPS) is 18.0. The molecule has 0 spiro atoms. The highest BCUT2D eigenvalue weighted by Gasteiger charge is 2.43. The van der Waals surface area contributed by atoms with Gasteiger partial charge in [-0.25, -0.2) is 9.29 Å². The summed E-state index contributed by atoms with van der Waals surface area (Å²) in [6.45, 7) is 1.47. The molecular formula is C22H21FN2O2S. The van der Waals surface area contributed by atoms with Gasteiger partial charge in [0, 0.05) is 18.0 Å². The van der Waals surface area contributed by atoms with Crippen molar-refractivity contribution in [2.24, 2.45) is 0 Å². The first-order valence-electron chi connectivity index (χ1n) is 9.52. The fourth-order valence-electron chi connectivity index (χ4n) is 3.62. The van der Waals surface area contributed by atoms with Gasteiger partial charge in [-0.2, -0.15) is 0 Å². The molecule has 0 saturated carbocycles. The molecule has 4 rings (SSSR count). The van der Waals surface area contributed by atoms with E-state index in [9.17, 15) is 14.0 Å². The number of imide groups is 1. The van der Waals surface area contributed by atoms with Gasteiger partial charge in [0.15, 0.2) is 0 Å². The summed E-state index contributed by atoms with van der Waals surface area (Å²) in [7, 11) is 0. The van der Waals surface area contributed by atoms with Crippen molar-refractivity contribution in [1.82, 2.24) is 4.90 Å². The SMILES string of the molecule is O=C1C(Sc2ccccc2)=C(N2CCCCCC2)C(=O)N1c1ccccc1F. The summed E-state index contributed by atoms with van der Waals surface area (Å²) < 4.78 is 14.4. The predicted octanol–water partition coefficient (Wildman–Crippen LogP) is 4.58. The minimum atomic E-state index is -0.578. The third-order valence-electron chi connectivity index (χ3n) is 5.00. The number of carbonyl (C=O) groups excluding carboxylic acids is 2. The molecule has 6 heteroatoms. The summed E-state index contributed by atoms with van der Waals surface area (Å²) in [6, 6.07) is 15.4. The van der Waals surface area contributed by atoms with Gasteiger partial charge in [0.25, 0.3) is 11.8 Å². The average molecular weight is 396 g/mol. The molecule has 0 N–H and O–H groups in total. The second-order valence-electron chi connectivity index (χ2n) is 6.89. The summed E-state index contributed by atoms with van der Waals surface area (Å²) in [5, 5.41) is 0. The number of carbonyl (C=O) groups is 2. The van der Waals surface area contributed by atoms with Crippen LogP contribution in [0.25, 0.3) is 0 Å². The van der Waals surface area contributed by atoms with Crippen LogP contribution in [0.3, 0.4) is 0 Å². The number of likely N-dealkylation sites (tertiary alicyclic amines) is 1.